The van der Waals surface area contributed by atoms with Gasteiger partial charge in [-0.2, -0.15) is 0 Å². The summed E-state index contributed by atoms with van der Waals surface area (Å²) in [6.45, 7) is 3.93. The number of hydrogen-bond donors (Lipinski definition) is 2. The summed E-state index contributed by atoms with van der Waals surface area (Å²) in [5.41, 5.74) is 1.97. The van der Waals surface area contributed by atoms with Gasteiger partial charge in [0.25, 0.3) is 0 Å². The Balaban J connectivity index is 1.88. The zero-order valence-electron chi connectivity index (χ0n) is 9.56. The Morgan fingerprint density at radius 2 is 2.06 bits per heavy atom. The number of nitrogens with one attached hydrogen (secondary N) is 2. The molecule has 2 aromatic heterocycles. The molecule has 1 aliphatic heterocycles. The molecule has 1 fully saturated rings. The summed E-state index contributed by atoms with van der Waals surface area (Å²) >= 11 is 0. The van der Waals surface area contributed by atoms with Gasteiger partial charge in [-0.1, -0.05) is 0 Å². The van der Waals surface area contributed by atoms with Crippen molar-refractivity contribution in [1.29, 1.82) is 0 Å². The minimum absolute atomic E-state index is 0.818. The second-order valence-electron chi connectivity index (χ2n) is 4.06. The van der Waals surface area contributed by atoms with Crippen LogP contribution in [0.25, 0.3) is 11.4 Å². The summed E-state index contributed by atoms with van der Waals surface area (Å²) < 4.78 is 0. The number of aromatic nitrogens is 3. The fourth-order valence-corrected chi connectivity index (χ4v) is 2.01. The first-order valence-corrected chi connectivity index (χ1v) is 5.86. The van der Waals surface area contributed by atoms with Crippen LogP contribution in [0.3, 0.4) is 0 Å². The van der Waals surface area contributed by atoms with Crippen molar-refractivity contribution in [2.75, 3.05) is 31.1 Å². The lowest BCUT2D eigenvalue weighted by atomic mass is 10.3. The first-order chi connectivity index (χ1) is 8.43. The average molecular weight is 229 g/mol. The quantitative estimate of drug-likeness (QED) is 0.802. The van der Waals surface area contributed by atoms with Crippen molar-refractivity contribution >= 4 is 5.95 Å². The van der Waals surface area contributed by atoms with Crippen LogP contribution in [-0.4, -0.2) is 41.1 Å². The molecule has 0 radical (unpaired) electrons. The fraction of sp³-hybridized carbons (Fsp3) is 0.333. The minimum Gasteiger partial charge on any atom is -0.360 e. The maximum atomic E-state index is 4.59. The van der Waals surface area contributed by atoms with Crippen molar-refractivity contribution in [3.63, 3.8) is 0 Å². The zero-order valence-corrected chi connectivity index (χ0v) is 9.56. The Hall–Kier alpha value is -1.88. The molecule has 0 unspecified atom stereocenters. The van der Waals surface area contributed by atoms with E-state index in [9.17, 15) is 0 Å². The second kappa shape index (κ2) is 4.55. The summed E-state index contributed by atoms with van der Waals surface area (Å²) in [5, 5.41) is 3.32. The normalized spacial score (nSPS) is 16.1. The molecule has 17 heavy (non-hydrogen) atoms. The average Bonchev–Trinajstić information content (AvgIpc) is 2.94. The van der Waals surface area contributed by atoms with E-state index in [0.717, 1.165) is 43.5 Å². The van der Waals surface area contributed by atoms with Gasteiger partial charge in [0.2, 0.25) is 5.95 Å². The van der Waals surface area contributed by atoms with E-state index in [1.807, 2.05) is 30.6 Å². The maximum Gasteiger partial charge on any atom is 0.225 e. The van der Waals surface area contributed by atoms with E-state index in [4.69, 9.17) is 0 Å². The first-order valence-electron chi connectivity index (χ1n) is 5.86. The van der Waals surface area contributed by atoms with Crippen LogP contribution in [0.2, 0.25) is 0 Å². The number of rotatable bonds is 2. The molecular formula is C12H15N5. The highest BCUT2D eigenvalue weighted by Gasteiger charge is 2.13. The lowest BCUT2D eigenvalue weighted by molar-refractivity contribution is 0.580. The molecule has 3 heterocycles. The molecule has 0 amide bonds. The van der Waals surface area contributed by atoms with Gasteiger partial charge >= 0.3 is 0 Å². The molecular weight excluding hydrogens is 214 g/mol. The molecule has 1 saturated heterocycles. The monoisotopic (exact) mass is 229 g/mol. The van der Waals surface area contributed by atoms with Crippen LogP contribution in [0.5, 0.6) is 0 Å². The Kier molecular flexibility index (Phi) is 2.75. The Morgan fingerprint density at radius 3 is 2.82 bits per heavy atom. The maximum absolute atomic E-state index is 4.59. The van der Waals surface area contributed by atoms with Gasteiger partial charge < -0.3 is 15.2 Å². The zero-order chi connectivity index (χ0) is 11.5. The molecule has 3 rings (SSSR count). The predicted octanol–water partition coefficient (Wildman–Crippen LogP) is 0.881. The van der Waals surface area contributed by atoms with Crippen LogP contribution >= 0.6 is 0 Å². The lowest BCUT2D eigenvalue weighted by Gasteiger charge is -2.27. The van der Waals surface area contributed by atoms with Gasteiger partial charge in [0.1, 0.15) is 0 Å². The largest absolute Gasteiger partial charge is 0.360 e. The van der Waals surface area contributed by atoms with Crippen LogP contribution in [0.4, 0.5) is 5.95 Å². The number of aromatic amines is 1. The third-order valence-electron chi connectivity index (χ3n) is 2.92. The third kappa shape index (κ3) is 2.14. The van der Waals surface area contributed by atoms with Crippen molar-refractivity contribution in [3.05, 3.63) is 30.6 Å². The number of anilines is 1. The van der Waals surface area contributed by atoms with Crippen molar-refractivity contribution in [2.45, 2.75) is 0 Å². The number of H-pyrrole nitrogens is 1. The van der Waals surface area contributed by atoms with E-state index in [-0.39, 0.29) is 0 Å². The number of hydrogen-bond acceptors (Lipinski definition) is 4. The van der Waals surface area contributed by atoms with E-state index in [1.165, 1.54) is 0 Å². The predicted molar refractivity (Wildman–Crippen MR) is 66.9 cm³/mol. The van der Waals surface area contributed by atoms with Crippen molar-refractivity contribution in [3.8, 4) is 11.4 Å². The van der Waals surface area contributed by atoms with Crippen LogP contribution in [0.1, 0.15) is 0 Å². The van der Waals surface area contributed by atoms with E-state index >= 15 is 0 Å². The highest BCUT2D eigenvalue weighted by molar-refractivity contribution is 5.55. The molecule has 0 aromatic carbocycles. The standard InChI is InChI=1S/C12H15N5/c1-2-10(14-4-1)11-3-5-15-12(16-11)17-8-6-13-7-9-17/h1-5,13-14H,6-9H2. The molecule has 0 aliphatic carbocycles. The van der Waals surface area contributed by atoms with E-state index in [1.54, 1.807) is 0 Å². The van der Waals surface area contributed by atoms with Crippen molar-refractivity contribution in [2.24, 2.45) is 0 Å². The summed E-state index contributed by atoms with van der Waals surface area (Å²) in [6.07, 6.45) is 3.72. The summed E-state index contributed by atoms with van der Waals surface area (Å²) in [5.74, 6) is 0.818. The summed E-state index contributed by atoms with van der Waals surface area (Å²) in [7, 11) is 0. The Bertz CT molecular complexity index is 473. The van der Waals surface area contributed by atoms with E-state index in [0.29, 0.717) is 0 Å². The van der Waals surface area contributed by atoms with Crippen LogP contribution < -0.4 is 10.2 Å². The highest BCUT2D eigenvalue weighted by atomic mass is 15.3. The van der Waals surface area contributed by atoms with Gasteiger partial charge in [0, 0.05) is 38.6 Å². The molecule has 2 N–H and O–H groups in total. The smallest absolute Gasteiger partial charge is 0.225 e. The fourth-order valence-electron chi connectivity index (χ4n) is 2.01. The van der Waals surface area contributed by atoms with Gasteiger partial charge in [-0.3, -0.25) is 0 Å². The summed E-state index contributed by atoms with van der Waals surface area (Å²) in [6, 6.07) is 5.92. The second-order valence-corrected chi connectivity index (χ2v) is 4.06. The molecule has 0 atom stereocenters. The minimum atomic E-state index is 0.818. The van der Waals surface area contributed by atoms with E-state index < -0.39 is 0 Å². The molecule has 0 spiro atoms. The van der Waals surface area contributed by atoms with Crippen molar-refractivity contribution in [1.82, 2.24) is 20.3 Å². The van der Waals surface area contributed by atoms with Gasteiger partial charge in [0.05, 0.1) is 11.4 Å². The van der Waals surface area contributed by atoms with Crippen molar-refractivity contribution < 1.29 is 0 Å². The molecule has 0 bridgehead atoms. The number of nitrogens with zero attached hydrogens (tertiary/aromatic N) is 3. The lowest BCUT2D eigenvalue weighted by Crippen LogP contribution is -2.44. The van der Waals surface area contributed by atoms with Gasteiger partial charge in [-0.25, -0.2) is 9.97 Å². The van der Waals surface area contributed by atoms with Crippen LogP contribution in [0, 0.1) is 0 Å². The van der Waals surface area contributed by atoms with Gasteiger partial charge in [0.15, 0.2) is 0 Å². The topological polar surface area (TPSA) is 56.8 Å². The first kappa shape index (κ1) is 10.3. The molecule has 88 valence electrons. The Morgan fingerprint density at radius 1 is 1.18 bits per heavy atom. The summed E-state index contributed by atoms with van der Waals surface area (Å²) in [4.78, 5) is 14.3. The molecule has 0 saturated carbocycles. The molecule has 2 aromatic rings. The Labute approximate surface area is 99.9 Å². The third-order valence-corrected chi connectivity index (χ3v) is 2.92. The highest BCUT2D eigenvalue weighted by Crippen LogP contribution is 2.16. The molecule has 1 aliphatic rings. The SMILES string of the molecule is c1c[nH]c(-c2ccnc(N3CCNCC3)n2)c1. The number of piperazine rings is 1. The molecule has 5 heteroatoms. The van der Waals surface area contributed by atoms with Gasteiger partial charge in [-0.05, 0) is 18.2 Å². The van der Waals surface area contributed by atoms with Crippen LogP contribution in [0.15, 0.2) is 30.6 Å². The van der Waals surface area contributed by atoms with Gasteiger partial charge in [-0.15, -0.1) is 0 Å². The molecule has 5 nitrogen and oxygen atoms in total. The van der Waals surface area contributed by atoms with Crippen LogP contribution in [-0.2, 0) is 0 Å². The van der Waals surface area contributed by atoms with E-state index in [2.05, 4.69) is 25.2 Å².